The Morgan fingerprint density at radius 2 is 1.89 bits per heavy atom. The molecule has 0 radical (unpaired) electrons. The van der Waals surface area contributed by atoms with E-state index in [1.54, 1.807) is 22.4 Å². The van der Waals surface area contributed by atoms with Gasteiger partial charge in [-0.25, -0.2) is 9.67 Å². The molecule has 0 unspecified atom stereocenters. The Morgan fingerprint density at radius 3 is 2.61 bits per heavy atom. The van der Waals surface area contributed by atoms with Crippen LogP contribution in [0.5, 0.6) is 0 Å². The molecule has 6 heteroatoms. The van der Waals surface area contributed by atoms with Crippen LogP contribution in [0, 0.1) is 6.92 Å². The average molecular weight is 391 g/mol. The molecular weight excluding hydrogens is 368 g/mol. The molecule has 142 valence electrons. The lowest BCUT2D eigenvalue weighted by atomic mass is 10.1. The molecule has 4 rings (SSSR count). The lowest BCUT2D eigenvalue weighted by molar-refractivity contribution is 0.0784. The molecule has 0 fully saturated rings. The van der Waals surface area contributed by atoms with E-state index < -0.39 is 0 Å². The molecule has 0 bridgehead atoms. The lowest BCUT2D eigenvalue weighted by Crippen LogP contribution is -2.26. The van der Waals surface area contributed by atoms with Crippen LogP contribution in [0.1, 0.15) is 33.5 Å². The number of carbonyl (C=O) groups is 1. The van der Waals surface area contributed by atoms with Crippen molar-refractivity contribution in [2.24, 2.45) is 0 Å². The summed E-state index contributed by atoms with van der Waals surface area (Å²) in [6.45, 7) is 4.59. The molecule has 0 atom stereocenters. The second-order valence-corrected chi connectivity index (χ2v) is 7.96. The number of amides is 1. The molecule has 0 aliphatic heterocycles. The first-order chi connectivity index (χ1) is 13.6. The van der Waals surface area contributed by atoms with Gasteiger partial charge in [-0.2, -0.15) is 5.10 Å². The van der Waals surface area contributed by atoms with Gasteiger partial charge in [-0.05, 0) is 37.6 Å². The minimum atomic E-state index is -0.0329. The van der Waals surface area contributed by atoms with Crippen LogP contribution < -0.4 is 0 Å². The van der Waals surface area contributed by atoms with E-state index in [9.17, 15) is 4.79 Å². The predicted molar refractivity (Wildman–Crippen MR) is 113 cm³/mol. The van der Waals surface area contributed by atoms with Gasteiger partial charge in [-0.15, -0.1) is 11.3 Å². The first-order valence-corrected chi connectivity index (χ1v) is 10.1. The monoisotopic (exact) mass is 390 g/mol. The number of fused-ring (bicyclic) bond motifs is 1. The van der Waals surface area contributed by atoms with Crippen LogP contribution in [0.25, 0.3) is 15.9 Å². The molecule has 4 aromatic rings. The van der Waals surface area contributed by atoms with Crippen molar-refractivity contribution in [3.63, 3.8) is 0 Å². The second-order valence-electron chi connectivity index (χ2n) is 6.84. The molecule has 0 N–H and O–H groups in total. The van der Waals surface area contributed by atoms with Gasteiger partial charge in [0.2, 0.25) is 0 Å². The van der Waals surface area contributed by atoms with Crippen molar-refractivity contribution >= 4 is 27.5 Å². The Hall–Kier alpha value is -2.99. The Kier molecular flexibility index (Phi) is 4.96. The molecule has 0 saturated carbocycles. The maximum atomic E-state index is 13.1. The zero-order chi connectivity index (χ0) is 19.7. The highest BCUT2D eigenvalue weighted by atomic mass is 32.1. The van der Waals surface area contributed by atoms with E-state index in [-0.39, 0.29) is 5.91 Å². The van der Waals surface area contributed by atoms with Crippen molar-refractivity contribution in [2.75, 3.05) is 7.05 Å². The molecule has 2 aromatic carbocycles. The summed E-state index contributed by atoms with van der Waals surface area (Å²) >= 11 is 1.63. The summed E-state index contributed by atoms with van der Waals surface area (Å²) in [5, 5.41) is 5.42. The van der Waals surface area contributed by atoms with E-state index in [1.165, 1.54) is 5.56 Å². The quantitative estimate of drug-likeness (QED) is 0.499. The van der Waals surface area contributed by atoms with Crippen molar-refractivity contribution < 1.29 is 4.79 Å². The molecule has 2 heterocycles. The largest absolute Gasteiger partial charge is 0.335 e. The van der Waals surface area contributed by atoms with Gasteiger partial charge in [0.05, 0.1) is 39.9 Å². The number of benzene rings is 2. The van der Waals surface area contributed by atoms with E-state index >= 15 is 0 Å². The van der Waals surface area contributed by atoms with Gasteiger partial charge in [0.1, 0.15) is 5.01 Å². The number of aryl methyl sites for hydroxylation is 1. The number of para-hydroxylation sites is 1. The van der Waals surface area contributed by atoms with E-state index in [2.05, 4.69) is 35.2 Å². The van der Waals surface area contributed by atoms with Crippen molar-refractivity contribution in [3.05, 3.63) is 76.6 Å². The van der Waals surface area contributed by atoms with Gasteiger partial charge in [-0.3, -0.25) is 4.79 Å². The lowest BCUT2D eigenvalue weighted by Gasteiger charge is -2.16. The van der Waals surface area contributed by atoms with Crippen LogP contribution in [-0.2, 0) is 13.0 Å². The van der Waals surface area contributed by atoms with Crippen LogP contribution in [0.3, 0.4) is 0 Å². The number of hydrogen-bond acceptors (Lipinski definition) is 4. The highest BCUT2D eigenvalue weighted by Crippen LogP contribution is 2.23. The Morgan fingerprint density at radius 1 is 1.14 bits per heavy atom. The fourth-order valence-electron chi connectivity index (χ4n) is 3.27. The van der Waals surface area contributed by atoms with E-state index in [0.29, 0.717) is 12.1 Å². The molecular formula is C22H22N4OS. The minimum absolute atomic E-state index is 0.0329. The minimum Gasteiger partial charge on any atom is -0.335 e. The number of hydrogen-bond donors (Lipinski definition) is 0. The molecule has 1 amide bonds. The Bertz CT molecular complexity index is 1090. The molecule has 0 spiro atoms. The summed E-state index contributed by atoms with van der Waals surface area (Å²) < 4.78 is 3.00. The van der Waals surface area contributed by atoms with Crippen LogP contribution in [0.4, 0.5) is 0 Å². The van der Waals surface area contributed by atoms with Crippen LogP contribution in [0.2, 0.25) is 0 Å². The molecule has 0 aliphatic rings. The third-order valence-corrected chi connectivity index (χ3v) is 5.79. The van der Waals surface area contributed by atoms with E-state index in [0.717, 1.165) is 33.0 Å². The van der Waals surface area contributed by atoms with Gasteiger partial charge >= 0.3 is 0 Å². The molecule has 0 aliphatic carbocycles. The van der Waals surface area contributed by atoms with E-state index in [4.69, 9.17) is 0 Å². The van der Waals surface area contributed by atoms with Gasteiger partial charge in [0.25, 0.3) is 5.91 Å². The summed E-state index contributed by atoms with van der Waals surface area (Å²) in [6, 6.07) is 16.2. The van der Waals surface area contributed by atoms with Crippen LogP contribution >= 0.6 is 11.3 Å². The summed E-state index contributed by atoms with van der Waals surface area (Å²) in [6.07, 6.45) is 2.40. The fraction of sp³-hybridized carbons (Fsp3) is 0.227. The number of carbonyl (C=O) groups excluding carboxylic acids is 1. The third kappa shape index (κ3) is 3.43. The molecule has 28 heavy (non-hydrogen) atoms. The number of aromatic nitrogens is 3. The SMILES string of the molecule is CCc1c(C(=O)N(C)Cc2nc3ccccc3s2)cnn1-c1ccc(C)cc1. The van der Waals surface area contributed by atoms with Crippen molar-refractivity contribution in [1.29, 1.82) is 0 Å². The fourth-order valence-corrected chi connectivity index (χ4v) is 4.29. The number of rotatable bonds is 5. The zero-order valence-electron chi connectivity index (χ0n) is 16.2. The van der Waals surface area contributed by atoms with Crippen LogP contribution in [-0.4, -0.2) is 32.6 Å². The highest BCUT2D eigenvalue weighted by molar-refractivity contribution is 7.18. The second kappa shape index (κ2) is 7.56. The zero-order valence-corrected chi connectivity index (χ0v) is 17.0. The standard InChI is InChI=1S/C22H22N4OS/c1-4-19-17(13-23-26(19)16-11-9-15(2)10-12-16)22(27)25(3)14-21-24-18-7-5-6-8-20(18)28-21/h5-13H,4,14H2,1-3H3. The maximum absolute atomic E-state index is 13.1. The summed E-state index contributed by atoms with van der Waals surface area (Å²) in [5.74, 6) is -0.0329. The first kappa shape index (κ1) is 18.4. The predicted octanol–water partition coefficient (Wildman–Crippen LogP) is 4.63. The molecule has 2 aromatic heterocycles. The Labute approximate surface area is 168 Å². The molecule has 5 nitrogen and oxygen atoms in total. The maximum Gasteiger partial charge on any atom is 0.257 e. The summed E-state index contributed by atoms with van der Waals surface area (Å²) in [5.41, 5.74) is 4.71. The average Bonchev–Trinajstić information content (AvgIpc) is 3.31. The number of thiazole rings is 1. The van der Waals surface area contributed by atoms with Gasteiger partial charge in [0, 0.05) is 7.05 Å². The summed E-state index contributed by atoms with van der Waals surface area (Å²) in [4.78, 5) is 19.4. The highest BCUT2D eigenvalue weighted by Gasteiger charge is 2.21. The van der Waals surface area contributed by atoms with Crippen LogP contribution in [0.15, 0.2) is 54.7 Å². The van der Waals surface area contributed by atoms with Crippen molar-refractivity contribution in [1.82, 2.24) is 19.7 Å². The molecule has 0 saturated heterocycles. The van der Waals surface area contributed by atoms with E-state index in [1.807, 2.05) is 49.0 Å². The third-order valence-electron chi connectivity index (χ3n) is 4.77. The summed E-state index contributed by atoms with van der Waals surface area (Å²) in [7, 11) is 1.82. The van der Waals surface area contributed by atoms with Gasteiger partial charge in [0.15, 0.2) is 0 Å². The Balaban J connectivity index is 1.59. The van der Waals surface area contributed by atoms with Gasteiger partial charge < -0.3 is 4.90 Å². The van der Waals surface area contributed by atoms with Crippen molar-refractivity contribution in [2.45, 2.75) is 26.8 Å². The smallest absolute Gasteiger partial charge is 0.257 e. The topological polar surface area (TPSA) is 51.0 Å². The van der Waals surface area contributed by atoms with Crippen molar-refractivity contribution in [3.8, 4) is 5.69 Å². The van der Waals surface area contributed by atoms with Gasteiger partial charge in [-0.1, -0.05) is 36.8 Å². The first-order valence-electron chi connectivity index (χ1n) is 9.30. The normalized spacial score (nSPS) is 11.1. The number of nitrogens with zero attached hydrogens (tertiary/aromatic N) is 4.